The number of benzene rings is 2. The van der Waals surface area contributed by atoms with Crippen molar-refractivity contribution in [2.45, 2.75) is 156 Å². The molecule has 30 nitrogen and oxygen atoms in total. The zero-order chi connectivity index (χ0) is 59.9. The van der Waals surface area contributed by atoms with Gasteiger partial charge in [0.2, 0.25) is 6.29 Å². The summed E-state index contributed by atoms with van der Waals surface area (Å²) < 4.78 is 68.7. The number of rotatable bonds is 20. The molecule has 456 valence electrons. The van der Waals surface area contributed by atoms with Crippen LogP contribution < -0.4 is 0 Å². The van der Waals surface area contributed by atoms with Crippen molar-refractivity contribution in [3.63, 3.8) is 0 Å². The number of hydrogen-bond acceptors (Lipinski definition) is 30. The first-order valence-corrected chi connectivity index (χ1v) is 25.7. The number of allylic oxidation sites excluding steroid dienone is 1. The first kappa shape index (κ1) is 63.9. The normalized spacial score (nSPS) is 37.4. The third kappa shape index (κ3) is 14.6. The molecule has 0 aromatic heterocycles. The van der Waals surface area contributed by atoms with Gasteiger partial charge in [0.25, 0.3) is 0 Å². The Balaban J connectivity index is 1.12. The Labute approximate surface area is 466 Å². The van der Waals surface area contributed by atoms with Gasteiger partial charge in [-0.25, -0.2) is 9.59 Å². The second-order valence-electron chi connectivity index (χ2n) is 19.6. The molecule has 4 fully saturated rings. The molecule has 7 rings (SSSR count). The number of carbonyl (C=O) groups is 3. The number of aromatic hydroxyl groups is 4. The van der Waals surface area contributed by atoms with Crippen LogP contribution >= 0.6 is 0 Å². The fourth-order valence-electron chi connectivity index (χ4n) is 9.59. The molecule has 22 atom stereocenters. The van der Waals surface area contributed by atoms with E-state index in [0.717, 1.165) is 31.6 Å². The summed E-state index contributed by atoms with van der Waals surface area (Å²) in [4.78, 5) is 40.7. The zero-order valence-electron chi connectivity index (χ0n) is 44.0. The maximum absolute atomic E-state index is 13.9. The Kier molecular flexibility index (Phi) is 22.0. The highest BCUT2D eigenvalue weighted by Gasteiger charge is 2.55. The average Bonchev–Trinajstić information content (AvgIpc) is 3.23. The maximum atomic E-state index is 13.9. The second kappa shape index (κ2) is 28.3. The van der Waals surface area contributed by atoms with E-state index in [1.165, 1.54) is 50.3 Å². The number of aliphatic hydroxyl groups is 11. The summed E-state index contributed by atoms with van der Waals surface area (Å²) in [5, 5.41) is 158. The third-order valence-corrected chi connectivity index (χ3v) is 14.2. The number of aliphatic hydroxyl groups excluding tert-OH is 11. The minimum atomic E-state index is -2.18. The number of phenolic OH excluding ortho intramolecular Hbond substituents is 4. The monoisotopic (exact) mass is 1170 g/mol. The Morgan fingerprint density at radius 2 is 1.20 bits per heavy atom. The molecule has 15 N–H and O–H groups in total. The van der Waals surface area contributed by atoms with E-state index < -0.39 is 202 Å². The van der Waals surface area contributed by atoms with Crippen LogP contribution in [0.4, 0.5) is 0 Å². The number of methoxy groups -OCH3 is 1. The zero-order valence-corrected chi connectivity index (χ0v) is 44.0. The lowest BCUT2D eigenvalue weighted by Crippen LogP contribution is -2.65. The quantitative estimate of drug-likeness (QED) is 0.0195. The molecule has 0 unspecified atom stereocenters. The van der Waals surface area contributed by atoms with Crippen molar-refractivity contribution in [3.8, 4) is 23.0 Å². The molecule has 4 saturated heterocycles. The third-order valence-electron chi connectivity index (χ3n) is 14.2. The summed E-state index contributed by atoms with van der Waals surface area (Å²) in [6.45, 7) is 0.0713. The minimum absolute atomic E-state index is 0.0175. The van der Waals surface area contributed by atoms with E-state index in [4.69, 9.17) is 56.8 Å². The van der Waals surface area contributed by atoms with Gasteiger partial charge in [0, 0.05) is 17.6 Å². The summed E-state index contributed by atoms with van der Waals surface area (Å²) in [5.74, 6) is -6.39. The van der Waals surface area contributed by atoms with E-state index in [1.807, 2.05) is 0 Å². The molecule has 0 aliphatic carbocycles. The lowest BCUT2D eigenvalue weighted by molar-refractivity contribution is -0.364. The molecule has 2 aromatic carbocycles. The summed E-state index contributed by atoms with van der Waals surface area (Å²) >= 11 is 0. The molecule has 5 heterocycles. The lowest BCUT2D eigenvalue weighted by Gasteiger charge is -2.47. The fraction of sp³-hybridized carbons (Fsp3) is 0.596. The molecule has 5 aliphatic rings. The van der Waals surface area contributed by atoms with E-state index in [0.29, 0.717) is 5.56 Å². The molecule has 30 heteroatoms. The van der Waals surface area contributed by atoms with E-state index in [2.05, 4.69) is 0 Å². The second-order valence-corrected chi connectivity index (χ2v) is 19.6. The van der Waals surface area contributed by atoms with Gasteiger partial charge in [-0.2, -0.15) is 0 Å². The summed E-state index contributed by atoms with van der Waals surface area (Å²) in [6, 6.07) is 7.50. The highest BCUT2D eigenvalue weighted by molar-refractivity contribution is 5.91. The van der Waals surface area contributed by atoms with Crippen LogP contribution in [0.1, 0.15) is 31.4 Å². The largest absolute Gasteiger partial charge is 0.504 e. The Bertz CT molecular complexity index is 2570. The number of carbonyl (C=O) groups excluding carboxylic acids is 3. The molecule has 0 radical (unpaired) electrons. The molecule has 2 aromatic rings. The molecule has 0 amide bonds. The molecule has 0 bridgehead atoms. The van der Waals surface area contributed by atoms with Crippen LogP contribution in [0, 0.1) is 5.92 Å². The maximum Gasteiger partial charge on any atom is 0.337 e. The Morgan fingerprint density at radius 1 is 0.610 bits per heavy atom. The van der Waals surface area contributed by atoms with Gasteiger partial charge in [0.1, 0.15) is 79.4 Å². The molecular formula is C52H68O30. The van der Waals surface area contributed by atoms with Gasteiger partial charge in [-0.05, 0) is 61.7 Å². The fourth-order valence-corrected chi connectivity index (χ4v) is 9.59. The van der Waals surface area contributed by atoms with Crippen LogP contribution in [-0.2, 0) is 77.6 Å². The van der Waals surface area contributed by atoms with Gasteiger partial charge < -0.3 is 133 Å². The van der Waals surface area contributed by atoms with Crippen LogP contribution in [0.2, 0.25) is 0 Å². The van der Waals surface area contributed by atoms with E-state index >= 15 is 0 Å². The summed E-state index contributed by atoms with van der Waals surface area (Å²) in [5.41, 5.74) is 0.449. The van der Waals surface area contributed by atoms with Crippen molar-refractivity contribution in [1.29, 1.82) is 0 Å². The predicted octanol–water partition coefficient (Wildman–Crippen LogP) is -4.46. The molecule has 5 aliphatic heterocycles. The number of esters is 3. The van der Waals surface area contributed by atoms with Gasteiger partial charge in [0.05, 0.1) is 57.9 Å². The van der Waals surface area contributed by atoms with Crippen LogP contribution in [0.5, 0.6) is 23.0 Å². The molecule has 0 spiro atoms. The van der Waals surface area contributed by atoms with E-state index in [1.54, 1.807) is 0 Å². The number of ether oxygens (including phenoxy) is 12. The van der Waals surface area contributed by atoms with Crippen molar-refractivity contribution in [2.75, 3.05) is 33.5 Å². The van der Waals surface area contributed by atoms with Crippen LogP contribution in [0.3, 0.4) is 0 Å². The predicted molar refractivity (Wildman–Crippen MR) is 265 cm³/mol. The van der Waals surface area contributed by atoms with E-state index in [9.17, 15) is 91.0 Å². The Morgan fingerprint density at radius 3 is 1.82 bits per heavy atom. The summed E-state index contributed by atoms with van der Waals surface area (Å²) in [6.07, 6.45) is -33.9. The van der Waals surface area contributed by atoms with Crippen LogP contribution in [-0.4, -0.2) is 257 Å². The van der Waals surface area contributed by atoms with Crippen molar-refractivity contribution in [3.05, 3.63) is 77.1 Å². The number of phenols is 4. The first-order chi connectivity index (χ1) is 39.0. The average molecular weight is 1170 g/mol. The SMILES string of the molecule is CC=C1[C@H](O[C@@H]2O[C@H](CO)[C@@H](O)[C@H](O)[C@H]2O)OC=C(C(=O)OC)[C@H]1CC(=O)O[C@@H]1[C@@H](O)[C@@H](O)[C@H](O[C@@H]2[C@@H](O)[C@H](OCCc3ccc(O)c(O)c3)O[C@H](CO[C@@H]3O[C@H](CO)[C@@H](O)[C@H](O)[C@H]3O)[C@H]2OC(=O)C=Cc2ccc(O)c(O)c2)O[C@H]1C. The van der Waals surface area contributed by atoms with Gasteiger partial charge in [0.15, 0.2) is 60.4 Å². The smallest absolute Gasteiger partial charge is 0.337 e. The van der Waals surface area contributed by atoms with Gasteiger partial charge in [-0.3, -0.25) is 4.79 Å². The van der Waals surface area contributed by atoms with Gasteiger partial charge in [-0.1, -0.05) is 18.2 Å². The van der Waals surface area contributed by atoms with E-state index in [-0.39, 0.29) is 29.7 Å². The minimum Gasteiger partial charge on any atom is -0.504 e. The molecular weight excluding hydrogens is 1100 g/mol. The molecule has 82 heavy (non-hydrogen) atoms. The van der Waals surface area contributed by atoms with Crippen molar-refractivity contribution < 1.29 is 148 Å². The van der Waals surface area contributed by atoms with Crippen molar-refractivity contribution in [1.82, 2.24) is 0 Å². The summed E-state index contributed by atoms with van der Waals surface area (Å²) in [7, 11) is 1.05. The number of hydrogen-bond donors (Lipinski definition) is 15. The van der Waals surface area contributed by atoms with Crippen molar-refractivity contribution in [2.24, 2.45) is 5.92 Å². The standard InChI is InChI=1S/C52H68O30/c1-4-23-24(25(47(70)71-3)18-73-48(23)82-52-41(67)38(64)36(62)31(17-54)77-52)15-34(60)80-44-20(2)75-51(42(68)39(44)65)81-46-43(69)50(72-12-11-22-6-9-27(56)29(58)14-22)78-32(19-74-49-40(66)37(63)35(61)30(16-53)76-49)45(46)79-33(59)10-7-21-5-8-26(55)28(57)13-21/h4-10,13-14,18,20,24,30-32,35-46,48-58,61-69H,11-12,15-17,19H2,1-3H3/t20-,24-,30+,31+,32+,35+,36+,37-,38-,39-,40+,41+,42+,43+,44-,45+,46+,48-,49+,50+,51-,52-/m0/s1. The first-order valence-electron chi connectivity index (χ1n) is 25.7. The van der Waals surface area contributed by atoms with Crippen LogP contribution in [0.15, 0.2) is 66.0 Å². The lowest BCUT2D eigenvalue weighted by atomic mass is 9.86. The van der Waals surface area contributed by atoms with Gasteiger partial charge in [-0.15, -0.1) is 0 Å². The molecule has 0 saturated carbocycles. The highest BCUT2D eigenvalue weighted by atomic mass is 16.8. The highest BCUT2D eigenvalue weighted by Crippen LogP contribution is 2.39. The topological polar surface area (TPSA) is 465 Å². The van der Waals surface area contributed by atoms with Gasteiger partial charge >= 0.3 is 17.9 Å². The Hall–Kier alpha value is -5.69. The van der Waals surface area contributed by atoms with Crippen LogP contribution in [0.25, 0.3) is 6.08 Å². The van der Waals surface area contributed by atoms with Crippen molar-refractivity contribution >= 4 is 24.0 Å².